The lowest BCUT2D eigenvalue weighted by molar-refractivity contribution is 0.509. The molecule has 0 amide bonds. The molecule has 2 rings (SSSR count). The van der Waals surface area contributed by atoms with Crippen LogP contribution in [0.5, 0.6) is 0 Å². The highest BCUT2D eigenvalue weighted by molar-refractivity contribution is 6.20. The van der Waals surface area contributed by atoms with Gasteiger partial charge in [-0.1, -0.05) is 36.8 Å². The molecule has 1 saturated carbocycles. The van der Waals surface area contributed by atoms with Crippen molar-refractivity contribution in [2.45, 2.75) is 37.5 Å². The van der Waals surface area contributed by atoms with Crippen molar-refractivity contribution in [3.63, 3.8) is 0 Å². The van der Waals surface area contributed by atoms with Crippen molar-refractivity contribution in [3.05, 3.63) is 35.9 Å². The Morgan fingerprint density at radius 2 is 1.93 bits per heavy atom. The Morgan fingerprint density at radius 3 is 2.57 bits per heavy atom. The van der Waals surface area contributed by atoms with Gasteiger partial charge in [-0.25, -0.2) is 0 Å². The molecule has 0 nitrogen and oxygen atoms in total. The number of hydrogen-bond donors (Lipinski definition) is 0. The molecule has 14 heavy (non-hydrogen) atoms. The van der Waals surface area contributed by atoms with E-state index < -0.39 is 0 Å². The van der Waals surface area contributed by atoms with E-state index >= 15 is 0 Å². The van der Waals surface area contributed by atoms with Crippen molar-refractivity contribution in [2.24, 2.45) is 5.92 Å². The standard InChI is InChI=1S/C13H17Cl/c14-13-8-4-7-12(13)10-9-11-5-2-1-3-6-11/h1-3,5-6,12-13H,4,7-10H2/t12-,13-/m1/s1. The lowest BCUT2D eigenvalue weighted by atomic mass is 9.98. The van der Waals surface area contributed by atoms with E-state index in [-0.39, 0.29) is 0 Å². The number of alkyl halides is 1. The lowest BCUT2D eigenvalue weighted by Gasteiger charge is -2.12. The van der Waals surface area contributed by atoms with Gasteiger partial charge in [-0.05, 0) is 37.2 Å². The lowest BCUT2D eigenvalue weighted by Crippen LogP contribution is -2.07. The highest BCUT2D eigenvalue weighted by Gasteiger charge is 2.24. The van der Waals surface area contributed by atoms with Gasteiger partial charge < -0.3 is 0 Å². The zero-order valence-electron chi connectivity index (χ0n) is 8.45. The molecule has 0 aliphatic heterocycles. The van der Waals surface area contributed by atoms with Gasteiger partial charge in [0.2, 0.25) is 0 Å². The van der Waals surface area contributed by atoms with Crippen LogP contribution in [-0.4, -0.2) is 5.38 Å². The average molecular weight is 209 g/mol. The van der Waals surface area contributed by atoms with Gasteiger partial charge in [-0.2, -0.15) is 0 Å². The molecule has 0 bridgehead atoms. The van der Waals surface area contributed by atoms with Gasteiger partial charge in [-0.15, -0.1) is 11.6 Å². The Hall–Kier alpha value is -0.490. The van der Waals surface area contributed by atoms with Gasteiger partial charge in [0.15, 0.2) is 0 Å². The molecule has 0 radical (unpaired) electrons. The van der Waals surface area contributed by atoms with Crippen LogP contribution in [0.15, 0.2) is 30.3 Å². The first-order valence-corrected chi connectivity index (χ1v) is 5.98. The normalized spacial score (nSPS) is 26.6. The number of benzene rings is 1. The van der Waals surface area contributed by atoms with E-state index in [9.17, 15) is 0 Å². The van der Waals surface area contributed by atoms with Gasteiger partial charge in [-0.3, -0.25) is 0 Å². The predicted octanol–water partition coefficient (Wildman–Crippen LogP) is 4.03. The van der Waals surface area contributed by atoms with Crippen LogP contribution in [0.2, 0.25) is 0 Å². The summed E-state index contributed by atoms with van der Waals surface area (Å²) in [5.74, 6) is 0.761. The van der Waals surface area contributed by atoms with Crippen molar-refractivity contribution in [3.8, 4) is 0 Å². The Balaban J connectivity index is 1.82. The molecule has 2 atom stereocenters. The van der Waals surface area contributed by atoms with Crippen LogP contribution in [-0.2, 0) is 6.42 Å². The molecule has 0 spiro atoms. The summed E-state index contributed by atoms with van der Waals surface area (Å²) in [4.78, 5) is 0. The number of rotatable bonds is 3. The van der Waals surface area contributed by atoms with Gasteiger partial charge in [0.1, 0.15) is 0 Å². The minimum atomic E-state index is 0.443. The van der Waals surface area contributed by atoms with Crippen molar-refractivity contribution < 1.29 is 0 Å². The van der Waals surface area contributed by atoms with E-state index in [0.717, 1.165) is 5.92 Å². The molecule has 1 aromatic carbocycles. The second-order valence-corrected chi connectivity index (χ2v) is 4.79. The highest BCUT2D eigenvalue weighted by Crippen LogP contribution is 2.33. The first-order chi connectivity index (χ1) is 6.86. The Bertz CT molecular complexity index is 268. The molecule has 0 N–H and O–H groups in total. The molecule has 0 heterocycles. The zero-order chi connectivity index (χ0) is 9.80. The highest BCUT2D eigenvalue weighted by atomic mass is 35.5. The van der Waals surface area contributed by atoms with Gasteiger partial charge >= 0.3 is 0 Å². The van der Waals surface area contributed by atoms with Crippen LogP contribution < -0.4 is 0 Å². The molecule has 1 heteroatoms. The minimum absolute atomic E-state index is 0.443. The van der Waals surface area contributed by atoms with Gasteiger partial charge in [0.25, 0.3) is 0 Å². The molecule has 1 aliphatic carbocycles. The number of halogens is 1. The third-order valence-corrected chi connectivity index (χ3v) is 3.79. The fraction of sp³-hybridized carbons (Fsp3) is 0.538. The molecule has 1 fully saturated rings. The summed E-state index contributed by atoms with van der Waals surface area (Å²) < 4.78 is 0. The smallest absolute Gasteiger partial charge is 0.0364 e. The summed E-state index contributed by atoms with van der Waals surface area (Å²) in [5.41, 5.74) is 1.45. The number of aryl methyl sites for hydroxylation is 1. The first-order valence-electron chi connectivity index (χ1n) is 5.54. The maximum atomic E-state index is 6.24. The van der Waals surface area contributed by atoms with Crippen molar-refractivity contribution in [1.82, 2.24) is 0 Å². The quantitative estimate of drug-likeness (QED) is 0.658. The number of hydrogen-bond acceptors (Lipinski definition) is 0. The van der Waals surface area contributed by atoms with Gasteiger partial charge in [0.05, 0.1) is 0 Å². The fourth-order valence-corrected chi connectivity index (χ4v) is 2.72. The molecule has 1 aromatic rings. The van der Waals surface area contributed by atoms with Crippen LogP contribution >= 0.6 is 11.6 Å². The van der Waals surface area contributed by atoms with Crippen LogP contribution in [0.3, 0.4) is 0 Å². The third kappa shape index (κ3) is 2.51. The maximum Gasteiger partial charge on any atom is 0.0364 e. The summed E-state index contributed by atoms with van der Waals surface area (Å²) in [7, 11) is 0. The molecule has 0 unspecified atom stereocenters. The summed E-state index contributed by atoms with van der Waals surface area (Å²) in [5, 5.41) is 0.443. The monoisotopic (exact) mass is 208 g/mol. The Kier molecular flexibility index (Phi) is 3.47. The van der Waals surface area contributed by atoms with E-state index in [4.69, 9.17) is 11.6 Å². The SMILES string of the molecule is Cl[C@@H]1CCC[C@@H]1CCc1ccccc1. The molecule has 0 aromatic heterocycles. The van der Waals surface area contributed by atoms with Crippen molar-refractivity contribution >= 4 is 11.6 Å². The largest absolute Gasteiger partial charge is 0.123 e. The summed E-state index contributed by atoms with van der Waals surface area (Å²) in [6, 6.07) is 10.7. The minimum Gasteiger partial charge on any atom is -0.123 e. The Morgan fingerprint density at radius 1 is 1.14 bits per heavy atom. The third-order valence-electron chi connectivity index (χ3n) is 3.21. The molecular weight excluding hydrogens is 192 g/mol. The van der Waals surface area contributed by atoms with E-state index in [1.54, 1.807) is 0 Å². The maximum absolute atomic E-state index is 6.24. The van der Waals surface area contributed by atoms with Gasteiger partial charge in [0, 0.05) is 5.38 Å². The van der Waals surface area contributed by atoms with Crippen molar-refractivity contribution in [1.29, 1.82) is 0 Å². The zero-order valence-corrected chi connectivity index (χ0v) is 9.21. The van der Waals surface area contributed by atoms with E-state index in [0.29, 0.717) is 5.38 Å². The second-order valence-electron chi connectivity index (χ2n) is 4.23. The van der Waals surface area contributed by atoms with Crippen molar-refractivity contribution in [2.75, 3.05) is 0 Å². The van der Waals surface area contributed by atoms with Crippen LogP contribution in [0.1, 0.15) is 31.2 Å². The van der Waals surface area contributed by atoms with Crippen LogP contribution in [0.4, 0.5) is 0 Å². The second kappa shape index (κ2) is 4.84. The topological polar surface area (TPSA) is 0 Å². The summed E-state index contributed by atoms with van der Waals surface area (Å²) in [6.45, 7) is 0. The van der Waals surface area contributed by atoms with E-state index in [2.05, 4.69) is 30.3 Å². The Labute approximate surface area is 91.3 Å². The molecule has 1 aliphatic rings. The molecule has 76 valence electrons. The van der Waals surface area contributed by atoms with E-state index in [1.807, 2.05) is 0 Å². The summed E-state index contributed by atoms with van der Waals surface area (Å²) >= 11 is 6.24. The first kappa shape index (κ1) is 10.0. The predicted molar refractivity (Wildman–Crippen MR) is 61.7 cm³/mol. The molecular formula is C13H17Cl. The van der Waals surface area contributed by atoms with Crippen LogP contribution in [0, 0.1) is 5.92 Å². The fourth-order valence-electron chi connectivity index (χ4n) is 2.31. The summed E-state index contributed by atoms with van der Waals surface area (Å²) in [6.07, 6.45) is 6.34. The average Bonchev–Trinajstić information content (AvgIpc) is 2.63. The van der Waals surface area contributed by atoms with E-state index in [1.165, 1.54) is 37.7 Å². The van der Waals surface area contributed by atoms with Crippen LogP contribution in [0.25, 0.3) is 0 Å². The molecule has 0 saturated heterocycles.